The van der Waals surface area contributed by atoms with Gasteiger partial charge in [0.1, 0.15) is 11.1 Å². The molecule has 0 aliphatic carbocycles. The summed E-state index contributed by atoms with van der Waals surface area (Å²) >= 11 is 0. The third kappa shape index (κ3) is 3.07. The molecule has 0 nitrogen and oxygen atoms in total. The van der Waals surface area contributed by atoms with Gasteiger partial charge in [-0.1, -0.05) is 0 Å². The lowest BCUT2D eigenvalue weighted by Gasteiger charge is -2.21. The lowest BCUT2D eigenvalue weighted by atomic mass is 9.91. The SMILES string of the molecule is Fc1ccc(-c2c(C(F)(F)F)c(F)c(F)c(F)c2C(F)(F)F)c(F)c1F. The summed E-state index contributed by atoms with van der Waals surface area (Å²) in [6.07, 6.45) is -12.1. The minimum Gasteiger partial charge on any atom is -0.204 e. The molecule has 0 aromatic heterocycles. The van der Waals surface area contributed by atoms with E-state index in [4.69, 9.17) is 0 Å². The second kappa shape index (κ2) is 6.09. The first kappa shape index (κ1) is 19.9. The maximum atomic E-state index is 13.8. The first-order chi connectivity index (χ1) is 11.7. The van der Waals surface area contributed by atoms with E-state index in [-0.39, 0.29) is 12.1 Å². The van der Waals surface area contributed by atoms with Crippen LogP contribution in [0.15, 0.2) is 12.1 Å². The van der Waals surface area contributed by atoms with Crippen molar-refractivity contribution in [1.82, 2.24) is 0 Å². The van der Waals surface area contributed by atoms with Crippen LogP contribution >= 0.6 is 0 Å². The van der Waals surface area contributed by atoms with Crippen molar-refractivity contribution in [2.45, 2.75) is 12.4 Å². The third-order valence-electron chi connectivity index (χ3n) is 3.20. The quantitative estimate of drug-likeness (QED) is 0.395. The Balaban J connectivity index is 3.17. The standard InChI is InChI=1S/C14H2F12/c15-4-2-1-3(8(16)9(4)17)5-6(13(21,22)23)10(18)12(20)11(19)7(5)14(24,25)26/h1-2H. The first-order valence-corrected chi connectivity index (χ1v) is 6.18. The van der Waals surface area contributed by atoms with Crippen LogP contribution in [0.25, 0.3) is 11.1 Å². The van der Waals surface area contributed by atoms with Crippen LogP contribution in [-0.2, 0) is 12.4 Å². The van der Waals surface area contributed by atoms with Crippen LogP contribution in [0, 0.1) is 34.9 Å². The zero-order valence-corrected chi connectivity index (χ0v) is 11.7. The van der Waals surface area contributed by atoms with Crippen molar-refractivity contribution >= 4 is 0 Å². The lowest BCUT2D eigenvalue weighted by molar-refractivity contribution is -0.145. The van der Waals surface area contributed by atoms with Gasteiger partial charge < -0.3 is 0 Å². The van der Waals surface area contributed by atoms with Gasteiger partial charge in [0.2, 0.25) is 0 Å². The summed E-state index contributed by atoms with van der Waals surface area (Å²) in [7, 11) is 0. The minimum atomic E-state index is -6.06. The molecule has 2 rings (SSSR count). The molecule has 2 aromatic rings. The van der Waals surface area contributed by atoms with Gasteiger partial charge in [0, 0.05) is 11.1 Å². The molecule has 0 fully saturated rings. The summed E-state index contributed by atoms with van der Waals surface area (Å²) in [6.45, 7) is 0. The zero-order valence-electron chi connectivity index (χ0n) is 11.7. The average Bonchev–Trinajstić information content (AvgIpc) is 2.47. The molecule has 0 aliphatic rings. The molecule has 0 radical (unpaired) electrons. The molecular formula is C14H2F12. The van der Waals surface area contributed by atoms with Crippen LogP contribution < -0.4 is 0 Å². The smallest absolute Gasteiger partial charge is 0.204 e. The Labute approximate surface area is 135 Å². The summed E-state index contributed by atoms with van der Waals surface area (Å²) in [4.78, 5) is 0. The highest BCUT2D eigenvalue weighted by Gasteiger charge is 2.48. The molecule has 142 valence electrons. The van der Waals surface area contributed by atoms with Crippen molar-refractivity contribution < 1.29 is 52.7 Å². The molecule has 0 aliphatic heterocycles. The molecule has 0 N–H and O–H groups in total. The fourth-order valence-corrected chi connectivity index (χ4v) is 2.18. The monoisotopic (exact) mass is 398 g/mol. The summed E-state index contributed by atoms with van der Waals surface area (Å²) in [5.74, 6) is -16.4. The Kier molecular flexibility index (Phi) is 4.67. The van der Waals surface area contributed by atoms with Crippen LogP contribution in [0.3, 0.4) is 0 Å². The molecule has 0 spiro atoms. The van der Waals surface area contributed by atoms with Crippen LogP contribution in [0.5, 0.6) is 0 Å². The van der Waals surface area contributed by atoms with Gasteiger partial charge in [0.25, 0.3) is 0 Å². The Hall–Kier alpha value is -2.40. The predicted molar refractivity (Wildman–Crippen MR) is 61.6 cm³/mol. The fraction of sp³-hybridized carbons (Fsp3) is 0.143. The fourth-order valence-electron chi connectivity index (χ4n) is 2.18. The second-order valence-corrected chi connectivity index (χ2v) is 4.79. The number of rotatable bonds is 1. The van der Waals surface area contributed by atoms with E-state index >= 15 is 0 Å². The van der Waals surface area contributed by atoms with E-state index in [1.54, 1.807) is 0 Å². The van der Waals surface area contributed by atoms with Crippen LogP contribution in [0.1, 0.15) is 11.1 Å². The van der Waals surface area contributed by atoms with Gasteiger partial charge in [-0.05, 0) is 12.1 Å². The van der Waals surface area contributed by atoms with Crippen LogP contribution in [0.2, 0.25) is 0 Å². The maximum Gasteiger partial charge on any atom is 0.419 e. The summed E-state index contributed by atoms with van der Waals surface area (Å²) in [5.41, 5.74) is -10.5. The molecule has 0 heterocycles. The van der Waals surface area contributed by atoms with Crippen molar-refractivity contribution in [3.63, 3.8) is 0 Å². The molecule has 0 unspecified atom stereocenters. The molecule has 12 heteroatoms. The lowest BCUT2D eigenvalue weighted by Crippen LogP contribution is -2.21. The number of halogens is 12. The van der Waals surface area contributed by atoms with E-state index in [1.165, 1.54) is 0 Å². The molecule has 0 amide bonds. The number of alkyl halides is 6. The van der Waals surface area contributed by atoms with Gasteiger partial charge in [-0.2, -0.15) is 26.3 Å². The van der Waals surface area contributed by atoms with Crippen molar-refractivity contribution in [3.8, 4) is 11.1 Å². The highest BCUT2D eigenvalue weighted by Crippen LogP contribution is 2.48. The third-order valence-corrected chi connectivity index (χ3v) is 3.20. The van der Waals surface area contributed by atoms with Crippen LogP contribution in [0.4, 0.5) is 52.7 Å². The Morgan fingerprint density at radius 3 is 1.31 bits per heavy atom. The van der Waals surface area contributed by atoms with E-state index < -0.39 is 69.5 Å². The molecular weight excluding hydrogens is 396 g/mol. The van der Waals surface area contributed by atoms with Gasteiger partial charge in [-0.15, -0.1) is 0 Å². The van der Waals surface area contributed by atoms with Crippen LogP contribution in [-0.4, -0.2) is 0 Å². The number of benzene rings is 2. The van der Waals surface area contributed by atoms with E-state index in [2.05, 4.69) is 0 Å². The molecule has 0 bridgehead atoms. The summed E-state index contributed by atoms with van der Waals surface area (Å²) < 4.78 is 158. The van der Waals surface area contributed by atoms with E-state index in [0.29, 0.717) is 0 Å². The van der Waals surface area contributed by atoms with E-state index in [1.807, 2.05) is 0 Å². The van der Waals surface area contributed by atoms with Gasteiger partial charge in [0.15, 0.2) is 34.9 Å². The predicted octanol–water partition coefficient (Wildman–Crippen LogP) is 6.23. The number of hydrogen-bond acceptors (Lipinski definition) is 0. The van der Waals surface area contributed by atoms with Crippen molar-refractivity contribution in [3.05, 3.63) is 58.2 Å². The second-order valence-electron chi connectivity index (χ2n) is 4.79. The van der Waals surface area contributed by atoms with Gasteiger partial charge in [-0.3, -0.25) is 0 Å². The largest absolute Gasteiger partial charge is 0.419 e. The Bertz CT molecular complexity index is 834. The Morgan fingerprint density at radius 1 is 0.500 bits per heavy atom. The zero-order chi connectivity index (χ0) is 20.2. The summed E-state index contributed by atoms with van der Waals surface area (Å²) in [6, 6.07) is -0.155. The average molecular weight is 398 g/mol. The van der Waals surface area contributed by atoms with Crippen molar-refractivity contribution in [2.24, 2.45) is 0 Å². The molecule has 26 heavy (non-hydrogen) atoms. The molecule has 0 saturated heterocycles. The Morgan fingerprint density at radius 2 is 0.923 bits per heavy atom. The highest BCUT2D eigenvalue weighted by molar-refractivity contribution is 5.74. The topological polar surface area (TPSA) is 0 Å². The minimum absolute atomic E-state index is 0.0623. The van der Waals surface area contributed by atoms with Gasteiger partial charge in [0.05, 0.1) is 0 Å². The normalized spacial score (nSPS) is 12.6. The highest BCUT2D eigenvalue weighted by atomic mass is 19.4. The van der Waals surface area contributed by atoms with Crippen molar-refractivity contribution in [1.29, 1.82) is 0 Å². The maximum absolute atomic E-state index is 13.8. The molecule has 2 aromatic carbocycles. The van der Waals surface area contributed by atoms with Gasteiger partial charge in [-0.25, -0.2) is 26.3 Å². The first-order valence-electron chi connectivity index (χ1n) is 6.18. The van der Waals surface area contributed by atoms with Crippen molar-refractivity contribution in [2.75, 3.05) is 0 Å². The summed E-state index contributed by atoms with van der Waals surface area (Å²) in [5, 5.41) is 0. The molecule has 0 saturated carbocycles. The number of hydrogen-bond donors (Lipinski definition) is 0. The van der Waals surface area contributed by atoms with E-state index in [9.17, 15) is 52.7 Å². The van der Waals surface area contributed by atoms with E-state index in [0.717, 1.165) is 0 Å². The molecule has 0 atom stereocenters. The van der Waals surface area contributed by atoms with Gasteiger partial charge >= 0.3 is 12.4 Å².